The van der Waals surface area contributed by atoms with Crippen molar-refractivity contribution < 1.29 is 15.0 Å². The van der Waals surface area contributed by atoms with Crippen molar-refractivity contribution in [3.63, 3.8) is 0 Å². The number of rotatable bonds is 4. The van der Waals surface area contributed by atoms with Crippen molar-refractivity contribution in [2.45, 2.75) is 52.9 Å². The van der Waals surface area contributed by atoms with E-state index in [0.717, 1.165) is 23.1 Å². The SMILES string of the molecule is CC.CC.O=C(O)CCCC1c2ccccc2C=Cc2ccc(O)cc21. The van der Waals surface area contributed by atoms with Crippen LogP contribution < -0.4 is 0 Å². The minimum atomic E-state index is -0.767. The molecule has 0 amide bonds. The van der Waals surface area contributed by atoms with Gasteiger partial charge in [-0.3, -0.25) is 4.79 Å². The summed E-state index contributed by atoms with van der Waals surface area (Å²) >= 11 is 0. The smallest absolute Gasteiger partial charge is 0.303 e. The molecule has 0 aliphatic heterocycles. The van der Waals surface area contributed by atoms with Gasteiger partial charge in [0.15, 0.2) is 0 Å². The molecule has 1 atom stereocenters. The highest BCUT2D eigenvalue weighted by molar-refractivity contribution is 5.77. The molecule has 0 aromatic heterocycles. The molecule has 3 heteroatoms. The summed E-state index contributed by atoms with van der Waals surface area (Å²) < 4.78 is 0. The van der Waals surface area contributed by atoms with Crippen LogP contribution in [0.15, 0.2) is 42.5 Å². The fourth-order valence-electron chi connectivity index (χ4n) is 3.11. The molecule has 3 rings (SSSR count). The van der Waals surface area contributed by atoms with Crippen LogP contribution in [-0.2, 0) is 4.79 Å². The molecule has 140 valence electrons. The van der Waals surface area contributed by atoms with Crippen molar-refractivity contribution >= 4 is 18.1 Å². The summed E-state index contributed by atoms with van der Waals surface area (Å²) in [6, 6.07) is 13.6. The number of carboxylic acids is 1. The number of aliphatic carboxylic acids is 1. The van der Waals surface area contributed by atoms with E-state index in [0.29, 0.717) is 6.42 Å². The highest BCUT2D eigenvalue weighted by Gasteiger charge is 2.21. The van der Waals surface area contributed by atoms with E-state index in [1.807, 2.05) is 45.9 Å². The Labute approximate surface area is 157 Å². The number of fused-ring (bicyclic) bond motifs is 2. The van der Waals surface area contributed by atoms with Crippen molar-refractivity contribution in [3.8, 4) is 5.75 Å². The van der Waals surface area contributed by atoms with Crippen LogP contribution in [0.25, 0.3) is 12.2 Å². The molecule has 0 radical (unpaired) electrons. The number of phenols is 1. The van der Waals surface area contributed by atoms with Gasteiger partial charge in [0.2, 0.25) is 0 Å². The van der Waals surface area contributed by atoms with Gasteiger partial charge in [0.05, 0.1) is 0 Å². The number of hydrogen-bond donors (Lipinski definition) is 2. The molecule has 0 saturated heterocycles. The van der Waals surface area contributed by atoms with Gasteiger partial charge in [-0.1, -0.05) is 70.2 Å². The van der Waals surface area contributed by atoms with E-state index in [1.165, 1.54) is 5.56 Å². The molecule has 0 saturated carbocycles. The molecular weight excluding hydrogens is 324 g/mol. The molecule has 26 heavy (non-hydrogen) atoms. The van der Waals surface area contributed by atoms with E-state index in [2.05, 4.69) is 24.3 Å². The van der Waals surface area contributed by atoms with Crippen molar-refractivity contribution in [2.75, 3.05) is 0 Å². The molecule has 0 fully saturated rings. The molecule has 0 spiro atoms. The largest absolute Gasteiger partial charge is 0.508 e. The van der Waals surface area contributed by atoms with Gasteiger partial charge >= 0.3 is 5.97 Å². The van der Waals surface area contributed by atoms with E-state index in [1.54, 1.807) is 12.1 Å². The van der Waals surface area contributed by atoms with E-state index in [4.69, 9.17) is 5.11 Å². The van der Waals surface area contributed by atoms with Crippen molar-refractivity contribution in [1.82, 2.24) is 0 Å². The summed E-state index contributed by atoms with van der Waals surface area (Å²) in [7, 11) is 0. The number of phenolic OH excluding ortho intramolecular Hbond substituents is 1. The van der Waals surface area contributed by atoms with E-state index in [-0.39, 0.29) is 18.1 Å². The van der Waals surface area contributed by atoms with E-state index >= 15 is 0 Å². The molecule has 2 aromatic rings. The zero-order chi connectivity index (χ0) is 19.5. The highest BCUT2D eigenvalue weighted by Crippen LogP contribution is 2.38. The summed E-state index contributed by atoms with van der Waals surface area (Å²) in [6.45, 7) is 8.00. The molecule has 1 aliphatic carbocycles. The topological polar surface area (TPSA) is 57.5 Å². The van der Waals surface area contributed by atoms with Crippen molar-refractivity contribution in [3.05, 3.63) is 64.7 Å². The molecule has 2 N–H and O–H groups in total. The predicted octanol–water partition coefficient (Wildman–Crippen LogP) is 6.32. The van der Waals surface area contributed by atoms with Crippen LogP contribution in [0.4, 0.5) is 0 Å². The quantitative estimate of drug-likeness (QED) is 0.676. The Hall–Kier alpha value is -2.55. The Kier molecular flexibility index (Phi) is 9.21. The monoisotopic (exact) mass is 354 g/mol. The van der Waals surface area contributed by atoms with Crippen LogP contribution in [0.1, 0.15) is 75.1 Å². The molecule has 0 heterocycles. The lowest BCUT2D eigenvalue weighted by Crippen LogP contribution is -2.05. The van der Waals surface area contributed by atoms with Gasteiger partial charge in [-0.15, -0.1) is 0 Å². The second-order valence-corrected chi connectivity index (χ2v) is 5.61. The van der Waals surface area contributed by atoms with Crippen molar-refractivity contribution in [2.24, 2.45) is 0 Å². The summed E-state index contributed by atoms with van der Waals surface area (Å²) in [5.41, 5.74) is 4.48. The normalized spacial score (nSPS) is 13.8. The van der Waals surface area contributed by atoms with Gasteiger partial charge in [-0.05, 0) is 47.2 Å². The van der Waals surface area contributed by atoms with Gasteiger partial charge in [0, 0.05) is 12.3 Å². The number of aromatic hydroxyl groups is 1. The maximum absolute atomic E-state index is 10.8. The average molecular weight is 354 g/mol. The summed E-state index contributed by atoms with van der Waals surface area (Å²) in [5, 5.41) is 18.7. The number of carbonyl (C=O) groups is 1. The minimum absolute atomic E-state index is 0.104. The Balaban J connectivity index is 0.000000791. The minimum Gasteiger partial charge on any atom is -0.508 e. The Bertz CT molecular complexity index is 732. The van der Waals surface area contributed by atoms with Gasteiger partial charge in [0.1, 0.15) is 5.75 Å². The van der Waals surface area contributed by atoms with E-state index < -0.39 is 5.97 Å². The molecule has 1 unspecified atom stereocenters. The van der Waals surface area contributed by atoms with Gasteiger partial charge < -0.3 is 10.2 Å². The molecule has 2 aromatic carbocycles. The fraction of sp³-hybridized carbons (Fsp3) is 0.348. The molecular formula is C23H30O3. The Morgan fingerprint density at radius 2 is 1.54 bits per heavy atom. The lowest BCUT2D eigenvalue weighted by atomic mass is 9.84. The van der Waals surface area contributed by atoms with Crippen LogP contribution in [0, 0.1) is 0 Å². The standard InChI is InChI=1S/C19H18O3.2C2H6/c20-15-11-10-14-9-8-13-4-1-2-5-16(13)17(18(14)12-15)6-3-7-19(21)22;2*1-2/h1-2,4-5,8-12,17,20H,3,6-7H2,(H,21,22);2*1-2H3. The maximum atomic E-state index is 10.8. The Morgan fingerprint density at radius 1 is 0.923 bits per heavy atom. The van der Waals surface area contributed by atoms with Crippen LogP contribution in [0.3, 0.4) is 0 Å². The summed E-state index contributed by atoms with van der Waals surface area (Å²) in [5.74, 6) is -0.418. The zero-order valence-corrected chi connectivity index (χ0v) is 16.2. The lowest BCUT2D eigenvalue weighted by Gasteiger charge is -2.20. The van der Waals surface area contributed by atoms with Crippen LogP contribution in [0.5, 0.6) is 5.75 Å². The molecule has 0 bridgehead atoms. The van der Waals surface area contributed by atoms with E-state index in [9.17, 15) is 9.90 Å². The van der Waals surface area contributed by atoms with Crippen LogP contribution in [0.2, 0.25) is 0 Å². The first-order chi connectivity index (χ1) is 12.6. The van der Waals surface area contributed by atoms with Crippen LogP contribution in [-0.4, -0.2) is 16.2 Å². The average Bonchev–Trinajstić information content (AvgIpc) is 2.82. The second-order valence-electron chi connectivity index (χ2n) is 5.61. The third-order valence-electron chi connectivity index (χ3n) is 4.14. The van der Waals surface area contributed by atoms with Crippen molar-refractivity contribution in [1.29, 1.82) is 0 Å². The van der Waals surface area contributed by atoms with Gasteiger partial charge in [-0.25, -0.2) is 0 Å². The number of carboxylic acid groups (broad SMARTS) is 1. The first-order valence-corrected chi connectivity index (χ1v) is 9.47. The maximum Gasteiger partial charge on any atom is 0.303 e. The second kappa shape index (κ2) is 11.1. The zero-order valence-electron chi connectivity index (χ0n) is 16.2. The third kappa shape index (κ3) is 5.48. The van der Waals surface area contributed by atoms with Gasteiger partial charge in [0.25, 0.3) is 0 Å². The third-order valence-corrected chi connectivity index (χ3v) is 4.14. The highest BCUT2D eigenvalue weighted by atomic mass is 16.4. The lowest BCUT2D eigenvalue weighted by molar-refractivity contribution is -0.137. The number of hydrogen-bond acceptors (Lipinski definition) is 2. The summed E-state index contributed by atoms with van der Waals surface area (Å²) in [6.07, 6.45) is 5.68. The summed E-state index contributed by atoms with van der Waals surface area (Å²) in [4.78, 5) is 10.8. The first kappa shape index (κ1) is 21.5. The van der Waals surface area contributed by atoms with Gasteiger partial charge in [-0.2, -0.15) is 0 Å². The Morgan fingerprint density at radius 3 is 2.19 bits per heavy atom. The van der Waals surface area contributed by atoms with Crippen LogP contribution >= 0.6 is 0 Å². The molecule has 1 aliphatic rings. The predicted molar refractivity (Wildman–Crippen MR) is 110 cm³/mol. The first-order valence-electron chi connectivity index (χ1n) is 9.47. The number of benzene rings is 2. The molecule has 3 nitrogen and oxygen atoms in total. The fourth-order valence-corrected chi connectivity index (χ4v) is 3.11.